The second-order valence-corrected chi connectivity index (χ2v) is 14.3. The lowest BCUT2D eigenvalue weighted by molar-refractivity contribution is -0.224. The first-order valence-electron chi connectivity index (χ1n) is 15.4. The van der Waals surface area contributed by atoms with Crippen molar-refractivity contribution in [2.24, 2.45) is 23.3 Å². The van der Waals surface area contributed by atoms with Crippen molar-refractivity contribution < 1.29 is 47.9 Å². The van der Waals surface area contributed by atoms with Crippen LogP contribution < -0.4 is 11.5 Å². The summed E-state index contributed by atoms with van der Waals surface area (Å²) in [5.74, 6) is -4.81. The van der Waals surface area contributed by atoms with Crippen molar-refractivity contribution in [2.75, 3.05) is 28.2 Å². The zero-order chi connectivity index (χ0) is 35.3. The van der Waals surface area contributed by atoms with Crippen molar-refractivity contribution in [3.63, 3.8) is 0 Å². The summed E-state index contributed by atoms with van der Waals surface area (Å²) in [6.45, 7) is 9.58. The van der Waals surface area contributed by atoms with Gasteiger partial charge in [0.05, 0.1) is 12.1 Å². The molecule has 4 amide bonds. The van der Waals surface area contributed by atoms with Gasteiger partial charge in [-0.3, -0.25) is 9.59 Å². The second kappa shape index (κ2) is 15.3. The Balaban J connectivity index is 2.38. The van der Waals surface area contributed by atoms with Gasteiger partial charge in [0.1, 0.15) is 11.2 Å². The van der Waals surface area contributed by atoms with E-state index in [-0.39, 0.29) is 24.7 Å². The Morgan fingerprint density at radius 2 is 0.870 bits per heavy atom. The topological polar surface area (TPSA) is 204 Å². The number of amides is 4. The van der Waals surface area contributed by atoms with E-state index in [0.29, 0.717) is 35.8 Å². The van der Waals surface area contributed by atoms with Gasteiger partial charge in [-0.2, -0.15) is 0 Å². The van der Waals surface area contributed by atoms with Gasteiger partial charge in [0.25, 0.3) is 0 Å². The van der Waals surface area contributed by atoms with Crippen LogP contribution in [0.2, 0.25) is 0 Å². The summed E-state index contributed by atoms with van der Waals surface area (Å²) >= 11 is 0. The number of rotatable bonds is 4. The molecular formula is C30H52N6O10. The normalized spacial score (nSPS) is 25.0. The van der Waals surface area contributed by atoms with E-state index >= 15 is 0 Å². The van der Waals surface area contributed by atoms with E-state index in [1.807, 2.05) is 0 Å². The second-order valence-electron chi connectivity index (χ2n) is 14.3. The van der Waals surface area contributed by atoms with E-state index in [9.17, 15) is 28.8 Å². The fourth-order valence-electron chi connectivity index (χ4n) is 5.41. The van der Waals surface area contributed by atoms with E-state index in [0.717, 1.165) is 0 Å². The fourth-order valence-corrected chi connectivity index (χ4v) is 5.41. The Kier molecular flexibility index (Phi) is 12.8. The molecule has 2 aliphatic rings. The summed E-state index contributed by atoms with van der Waals surface area (Å²) in [4.78, 5) is 91.9. The first-order valence-corrected chi connectivity index (χ1v) is 15.4. The molecule has 2 rings (SSSR count). The maximum Gasteiger partial charge on any atom is 0.444 e. The SMILES string of the molecule is CN(C)C(=O)[C@H]1CC[C@H](N)[C@H](N(OC(=O)C(=O)ON(C(=O)OC(C)(C)C)[C@@H]2C[C@@H](C(=O)N(C)C)CC[C@@H]2N)C(=O)OC(C)(C)C)C1. The first kappa shape index (κ1) is 38.5. The van der Waals surface area contributed by atoms with Gasteiger partial charge in [-0.15, -0.1) is 10.1 Å². The quantitative estimate of drug-likeness (QED) is 0.327. The molecule has 0 bridgehead atoms. The maximum absolute atomic E-state index is 13.3. The Bertz CT molecular complexity index is 1060. The van der Waals surface area contributed by atoms with Gasteiger partial charge in [-0.1, -0.05) is 0 Å². The van der Waals surface area contributed by atoms with Crippen LogP contribution >= 0.6 is 0 Å². The minimum absolute atomic E-state index is 0.0298. The molecule has 2 fully saturated rings. The largest absolute Gasteiger partial charge is 0.444 e. The lowest BCUT2D eigenvalue weighted by Gasteiger charge is -2.40. The highest BCUT2D eigenvalue weighted by Gasteiger charge is 2.45. The Hall–Kier alpha value is -3.66. The average molecular weight is 657 g/mol. The van der Waals surface area contributed by atoms with Crippen LogP contribution in [0, 0.1) is 11.8 Å². The Morgan fingerprint density at radius 1 is 0.565 bits per heavy atom. The molecule has 0 aromatic carbocycles. The summed E-state index contributed by atoms with van der Waals surface area (Å²) in [6.07, 6.45) is -0.660. The number of hydroxylamine groups is 4. The molecule has 4 N–H and O–H groups in total. The van der Waals surface area contributed by atoms with Crippen molar-refractivity contribution in [1.29, 1.82) is 0 Å². The van der Waals surface area contributed by atoms with Gasteiger partial charge in [-0.25, -0.2) is 19.2 Å². The zero-order valence-electron chi connectivity index (χ0n) is 28.7. The van der Waals surface area contributed by atoms with Crippen LogP contribution in [-0.4, -0.2) is 119 Å². The van der Waals surface area contributed by atoms with E-state index in [1.165, 1.54) is 9.80 Å². The van der Waals surface area contributed by atoms with Crippen molar-refractivity contribution in [3.05, 3.63) is 0 Å². The molecule has 0 aromatic rings. The van der Waals surface area contributed by atoms with Crippen molar-refractivity contribution in [3.8, 4) is 0 Å². The summed E-state index contributed by atoms with van der Waals surface area (Å²) in [7, 11) is 6.39. The highest BCUT2D eigenvalue weighted by atomic mass is 16.8. The lowest BCUT2D eigenvalue weighted by atomic mass is 9.82. The molecule has 2 saturated carbocycles. The minimum Gasteiger partial charge on any atom is -0.442 e. The monoisotopic (exact) mass is 656 g/mol. The van der Waals surface area contributed by atoms with Crippen LogP contribution in [0.1, 0.15) is 80.1 Å². The molecule has 6 atom stereocenters. The predicted molar refractivity (Wildman–Crippen MR) is 164 cm³/mol. The van der Waals surface area contributed by atoms with Crippen molar-refractivity contribution in [2.45, 2.75) is 115 Å². The highest BCUT2D eigenvalue weighted by Crippen LogP contribution is 2.32. The highest BCUT2D eigenvalue weighted by molar-refractivity contribution is 6.29. The molecule has 262 valence electrons. The number of nitrogens with two attached hydrogens (primary N) is 2. The molecule has 0 radical (unpaired) electrons. The summed E-state index contributed by atoms with van der Waals surface area (Å²) < 4.78 is 10.9. The van der Waals surface area contributed by atoms with Gasteiger partial charge >= 0.3 is 24.1 Å². The van der Waals surface area contributed by atoms with Crippen molar-refractivity contribution in [1.82, 2.24) is 19.9 Å². The number of ether oxygens (including phenoxy) is 2. The third-order valence-corrected chi connectivity index (χ3v) is 7.60. The number of hydrogen-bond donors (Lipinski definition) is 2. The van der Waals surface area contributed by atoms with E-state index < -0.39 is 71.3 Å². The molecule has 0 spiro atoms. The van der Waals surface area contributed by atoms with Gasteiger partial charge < -0.3 is 40.4 Å². The predicted octanol–water partition coefficient (Wildman–Crippen LogP) is 1.55. The molecular weight excluding hydrogens is 604 g/mol. The molecule has 2 aliphatic carbocycles. The smallest absolute Gasteiger partial charge is 0.442 e. The van der Waals surface area contributed by atoms with Crippen LogP contribution in [0.3, 0.4) is 0 Å². The average Bonchev–Trinajstić information content (AvgIpc) is 2.92. The molecule has 0 aromatic heterocycles. The number of carbonyl (C=O) groups excluding carboxylic acids is 6. The molecule has 0 saturated heterocycles. The van der Waals surface area contributed by atoms with Gasteiger partial charge in [0.15, 0.2) is 0 Å². The summed E-state index contributed by atoms with van der Waals surface area (Å²) in [6, 6.07) is -3.51. The molecule has 16 nitrogen and oxygen atoms in total. The first-order chi connectivity index (χ1) is 21.0. The van der Waals surface area contributed by atoms with E-state index in [1.54, 1.807) is 69.7 Å². The Morgan fingerprint density at radius 3 is 1.13 bits per heavy atom. The standard InChI is InChI=1S/C30H52N6O10/c1-29(2,3)43-27(41)35(21-15-17(11-13-19(21)31)23(37)33(7)8)45-25(39)26(40)46-36(28(42)44-30(4,5)6)22-16-18(12-14-20(22)32)24(38)34(9)10/h17-22H,11-16,31-32H2,1-10H3/t17-,18-,19-,20-,21+,22+/m0/s1. The third-order valence-electron chi connectivity index (χ3n) is 7.60. The van der Waals surface area contributed by atoms with Crippen LogP contribution in [-0.2, 0) is 38.3 Å². The molecule has 16 heteroatoms. The van der Waals surface area contributed by atoms with Crippen LogP contribution in [0.15, 0.2) is 0 Å². The molecule has 0 unspecified atom stereocenters. The lowest BCUT2D eigenvalue weighted by Crippen LogP contribution is -2.58. The number of nitrogens with zero attached hydrogens (tertiary/aromatic N) is 4. The number of carbonyl (C=O) groups is 6. The van der Waals surface area contributed by atoms with Gasteiger partial charge in [0, 0.05) is 52.1 Å². The molecule has 46 heavy (non-hydrogen) atoms. The van der Waals surface area contributed by atoms with Gasteiger partial charge in [-0.05, 0) is 80.1 Å². The van der Waals surface area contributed by atoms with Gasteiger partial charge in [0.2, 0.25) is 11.8 Å². The van der Waals surface area contributed by atoms with E-state index in [4.69, 9.17) is 30.6 Å². The molecule has 0 aliphatic heterocycles. The van der Waals surface area contributed by atoms with Crippen LogP contribution in [0.4, 0.5) is 9.59 Å². The van der Waals surface area contributed by atoms with Crippen LogP contribution in [0.25, 0.3) is 0 Å². The third kappa shape index (κ3) is 10.7. The zero-order valence-corrected chi connectivity index (χ0v) is 28.7. The van der Waals surface area contributed by atoms with Crippen molar-refractivity contribution >= 4 is 35.9 Å². The minimum atomic E-state index is -1.67. The summed E-state index contributed by atoms with van der Waals surface area (Å²) in [5, 5.41) is 1.12. The Labute approximate surface area is 270 Å². The molecule has 0 heterocycles. The fraction of sp³-hybridized carbons (Fsp3) is 0.800. The van der Waals surface area contributed by atoms with Crippen LogP contribution in [0.5, 0.6) is 0 Å². The maximum atomic E-state index is 13.3. The van der Waals surface area contributed by atoms with E-state index in [2.05, 4.69) is 0 Å². The number of hydrogen-bond acceptors (Lipinski definition) is 12. The summed E-state index contributed by atoms with van der Waals surface area (Å²) in [5.41, 5.74) is 10.6.